The number of aromatic nitrogens is 2. The van der Waals surface area contributed by atoms with Gasteiger partial charge in [-0.3, -0.25) is 14.9 Å². The second kappa shape index (κ2) is 6.99. The van der Waals surface area contributed by atoms with Crippen molar-refractivity contribution in [1.82, 2.24) is 14.9 Å². The summed E-state index contributed by atoms with van der Waals surface area (Å²) in [6.07, 6.45) is 6.77. The molecule has 5 rings (SSSR count). The largest absolute Gasteiger partial charge is 0.365 e. The van der Waals surface area contributed by atoms with Gasteiger partial charge in [-0.1, -0.05) is 18.2 Å². The molecule has 0 N–H and O–H groups in total. The van der Waals surface area contributed by atoms with E-state index in [1.165, 1.54) is 16.9 Å². The Labute approximate surface area is 164 Å². The van der Waals surface area contributed by atoms with Gasteiger partial charge >= 0.3 is 0 Å². The summed E-state index contributed by atoms with van der Waals surface area (Å²) in [6.45, 7) is 4.71. The fourth-order valence-electron chi connectivity index (χ4n) is 4.70. The molecule has 4 nitrogen and oxygen atoms in total. The van der Waals surface area contributed by atoms with Gasteiger partial charge in [0, 0.05) is 50.2 Å². The van der Waals surface area contributed by atoms with Crippen LogP contribution in [0.25, 0.3) is 0 Å². The molecule has 0 bridgehead atoms. The van der Waals surface area contributed by atoms with Crippen LogP contribution in [-0.2, 0) is 18.5 Å². The van der Waals surface area contributed by atoms with Gasteiger partial charge in [0.15, 0.2) is 0 Å². The SMILES string of the molecule is Fc1ccc(CN2CC[C@@]3(C2)CN(Cc2cccnc2)c2cccnc23)cc1. The predicted molar refractivity (Wildman–Crippen MR) is 107 cm³/mol. The molecule has 5 heteroatoms. The van der Waals surface area contributed by atoms with Crippen LogP contribution in [-0.4, -0.2) is 34.5 Å². The highest BCUT2D eigenvalue weighted by atomic mass is 19.1. The number of nitrogens with zero attached hydrogens (tertiary/aromatic N) is 4. The van der Waals surface area contributed by atoms with Crippen molar-refractivity contribution >= 4 is 5.69 Å². The van der Waals surface area contributed by atoms with Crippen LogP contribution in [0.5, 0.6) is 0 Å². The number of benzene rings is 1. The van der Waals surface area contributed by atoms with Crippen LogP contribution >= 0.6 is 0 Å². The summed E-state index contributed by atoms with van der Waals surface area (Å²) in [7, 11) is 0. The maximum absolute atomic E-state index is 13.2. The summed E-state index contributed by atoms with van der Waals surface area (Å²) in [5.74, 6) is -0.179. The molecule has 142 valence electrons. The van der Waals surface area contributed by atoms with Crippen LogP contribution in [0.4, 0.5) is 10.1 Å². The number of anilines is 1. The second-order valence-electron chi connectivity index (χ2n) is 7.96. The van der Waals surface area contributed by atoms with E-state index in [9.17, 15) is 4.39 Å². The minimum atomic E-state index is -0.179. The third-order valence-corrected chi connectivity index (χ3v) is 5.97. The van der Waals surface area contributed by atoms with Gasteiger partial charge in [0.05, 0.1) is 11.4 Å². The number of halogens is 1. The molecule has 1 atom stereocenters. The van der Waals surface area contributed by atoms with Crippen LogP contribution in [0, 0.1) is 5.82 Å². The van der Waals surface area contributed by atoms with E-state index in [0.717, 1.165) is 44.7 Å². The summed E-state index contributed by atoms with van der Waals surface area (Å²) < 4.78 is 13.2. The van der Waals surface area contributed by atoms with E-state index in [0.29, 0.717) is 0 Å². The molecule has 0 unspecified atom stereocenters. The first-order valence-electron chi connectivity index (χ1n) is 9.78. The summed E-state index contributed by atoms with van der Waals surface area (Å²) in [6, 6.07) is 15.2. The van der Waals surface area contributed by atoms with E-state index in [1.54, 1.807) is 12.1 Å². The molecule has 2 aliphatic rings. The van der Waals surface area contributed by atoms with Crippen molar-refractivity contribution in [3.05, 3.63) is 89.8 Å². The summed E-state index contributed by atoms with van der Waals surface area (Å²) in [5.41, 5.74) is 4.91. The molecule has 0 radical (unpaired) electrons. The molecule has 1 spiro atoms. The molecule has 4 heterocycles. The Morgan fingerprint density at radius 3 is 2.61 bits per heavy atom. The fourth-order valence-corrected chi connectivity index (χ4v) is 4.70. The monoisotopic (exact) mass is 374 g/mol. The molecule has 0 aliphatic carbocycles. The van der Waals surface area contributed by atoms with Crippen LogP contribution in [0.1, 0.15) is 23.2 Å². The van der Waals surface area contributed by atoms with Crippen molar-refractivity contribution in [3.8, 4) is 0 Å². The number of fused-ring (bicyclic) bond motifs is 2. The third kappa shape index (κ3) is 3.16. The normalized spacial score (nSPS) is 21.4. The molecule has 0 saturated carbocycles. The van der Waals surface area contributed by atoms with E-state index in [4.69, 9.17) is 4.98 Å². The van der Waals surface area contributed by atoms with Crippen molar-refractivity contribution in [2.45, 2.75) is 24.9 Å². The quantitative estimate of drug-likeness (QED) is 0.696. The van der Waals surface area contributed by atoms with E-state index in [1.807, 2.05) is 42.9 Å². The predicted octanol–water partition coefficient (Wildman–Crippen LogP) is 3.78. The second-order valence-corrected chi connectivity index (χ2v) is 7.96. The average Bonchev–Trinajstić information content (AvgIpc) is 3.26. The van der Waals surface area contributed by atoms with Gasteiger partial charge < -0.3 is 4.90 Å². The van der Waals surface area contributed by atoms with Crippen molar-refractivity contribution in [2.75, 3.05) is 24.5 Å². The van der Waals surface area contributed by atoms with Gasteiger partial charge in [0.1, 0.15) is 5.82 Å². The lowest BCUT2D eigenvalue weighted by Crippen LogP contribution is -2.36. The number of rotatable bonds is 4. The Hall–Kier alpha value is -2.79. The topological polar surface area (TPSA) is 32.3 Å². The van der Waals surface area contributed by atoms with Crippen molar-refractivity contribution < 1.29 is 4.39 Å². The van der Waals surface area contributed by atoms with Gasteiger partial charge in [0.25, 0.3) is 0 Å². The number of hydrogen-bond acceptors (Lipinski definition) is 4. The summed E-state index contributed by atoms with van der Waals surface area (Å²) >= 11 is 0. The Kier molecular flexibility index (Phi) is 4.32. The molecular weight excluding hydrogens is 351 g/mol. The Bertz CT molecular complexity index is 960. The third-order valence-electron chi connectivity index (χ3n) is 5.97. The summed E-state index contributed by atoms with van der Waals surface area (Å²) in [4.78, 5) is 14.0. The molecule has 0 amide bonds. The van der Waals surface area contributed by atoms with Gasteiger partial charge in [-0.25, -0.2) is 4.39 Å². The number of likely N-dealkylation sites (tertiary alicyclic amines) is 1. The highest BCUT2D eigenvalue weighted by Crippen LogP contribution is 2.45. The maximum atomic E-state index is 13.2. The molecule has 28 heavy (non-hydrogen) atoms. The molecule has 1 fully saturated rings. The Morgan fingerprint density at radius 2 is 1.79 bits per heavy atom. The lowest BCUT2D eigenvalue weighted by molar-refractivity contribution is 0.305. The first kappa shape index (κ1) is 17.3. The molecule has 3 aromatic rings. The maximum Gasteiger partial charge on any atom is 0.123 e. The standard InChI is InChI=1S/C23H23FN4/c24-20-7-5-18(6-8-20)14-27-12-9-23(16-27)17-28(15-19-3-1-10-25-13-19)21-4-2-11-26-22(21)23/h1-8,10-11,13H,9,12,14-17H2/t23-/m1/s1. The number of pyridine rings is 2. The zero-order chi connectivity index (χ0) is 19.0. The zero-order valence-corrected chi connectivity index (χ0v) is 15.8. The van der Waals surface area contributed by atoms with Crippen LogP contribution in [0.3, 0.4) is 0 Å². The lowest BCUT2D eigenvalue weighted by atomic mass is 9.85. The smallest absolute Gasteiger partial charge is 0.123 e. The van der Waals surface area contributed by atoms with E-state index in [-0.39, 0.29) is 11.2 Å². The van der Waals surface area contributed by atoms with Gasteiger partial charge in [-0.15, -0.1) is 0 Å². The van der Waals surface area contributed by atoms with E-state index >= 15 is 0 Å². The zero-order valence-electron chi connectivity index (χ0n) is 15.8. The minimum absolute atomic E-state index is 0.0683. The van der Waals surface area contributed by atoms with Gasteiger partial charge in [-0.2, -0.15) is 0 Å². The van der Waals surface area contributed by atoms with Gasteiger partial charge in [-0.05, 0) is 54.4 Å². The Morgan fingerprint density at radius 1 is 0.929 bits per heavy atom. The van der Waals surface area contributed by atoms with Crippen LogP contribution < -0.4 is 4.90 Å². The molecule has 2 aliphatic heterocycles. The van der Waals surface area contributed by atoms with Crippen molar-refractivity contribution in [2.24, 2.45) is 0 Å². The Balaban J connectivity index is 1.37. The first-order chi connectivity index (χ1) is 13.7. The molecule has 2 aromatic heterocycles. The molecule has 1 aromatic carbocycles. The fraction of sp³-hybridized carbons (Fsp3) is 0.304. The highest BCUT2D eigenvalue weighted by Gasteiger charge is 2.48. The van der Waals surface area contributed by atoms with Crippen molar-refractivity contribution in [1.29, 1.82) is 0 Å². The number of hydrogen-bond donors (Lipinski definition) is 0. The first-order valence-corrected chi connectivity index (χ1v) is 9.78. The highest BCUT2D eigenvalue weighted by molar-refractivity contribution is 5.60. The van der Waals surface area contributed by atoms with Crippen molar-refractivity contribution in [3.63, 3.8) is 0 Å². The summed E-state index contributed by atoms with van der Waals surface area (Å²) in [5, 5.41) is 0. The molecule has 1 saturated heterocycles. The van der Waals surface area contributed by atoms with Crippen LogP contribution in [0.2, 0.25) is 0 Å². The molecular formula is C23H23FN4. The average molecular weight is 374 g/mol. The van der Waals surface area contributed by atoms with Gasteiger partial charge in [0.2, 0.25) is 0 Å². The van der Waals surface area contributed by atoms with E-state index < -0.39 is 0 Å². The van der Waals surface area contributed by atoms with Crippen LogP contribution in [0.15, 0.2) is 67.1 Å². The minimum Gasteiger partial charge on any atom is -0.365 e. The van der Waals surface area contributed by atoms with E-state index in [2.05, 4.69) is 26.9 Å². The lowest BCUT2D eigenvalue weighted by Gasteiger charge is -2.26.